The van der Waals surface area contributed by atoms with Gasteiger partial charge in [0.1, 0.15) is 0 Å². The molecule has 0 atom stereocenters. The second kappa shape index (κ2) is 8.27. The van der Waals surface area contributed by atoms with E-state index in [1.54, 1.807) is 0 Å². The van der Waals surface area contributed by atoms with Gasteiger partial charge in [0.15, 0.2) is 0 Å². The first-order valence-electron chi connectivity index (χ1n) is 10.0. The summed E-state index contributed by atoms with van der Waals surface area (Å²) in [6.45, 7) is 12.4. The highest BCUT2D eigenvalue weighted by atomic mass is 28.3. The van der Waals surface area contributed by atoms with Crippen molar-refractivity contribution in [1.29, 1.82) is 0 Å². The predicted octanol–water partition coefficient (Wildman–Crippen LogP) is 3.52. The van der Waals surface area contributed by atoms with E-state index in [-0.39, 0.29) is 0 Å². The van der Waals surface area contributed by atoms with E-state index in [9.17, 15) is 0 Å². The normalized spacial score (nSPS) is 27.1. The SMILES string of the molecule is C[Si](CCN1CCCCC1)(N1CCCCC1)N1CCCCC1. The smallest absolute Gasteiger partial charge is 0.204 e. The molecule has 0 aromatic rings. The Labute approximate surface area is 139 Å². The molecule has 0 radical (unpaired) electrons. The van der Waals surface area contributed by atoms with Gasteiger partial charge in [0.25, 0.3) is 0 Å². The Bertz CT molecular complexity index is 300. The molecule has 22 heavy (non-hydrogen) atoms. The summed E-state index contributed by atoms with van der Waals surface area (Å²) in [5.41, 5.74) is 0. The maximum atomic E-state index is 2.98. The lowest BCUT2D eigenvalue weighted by molar-refractivity contribution is 0.223. The fourth-order valence-corrected chi connectivity index (χ4v) is 9.15. The largest absolute Gasteiger partial charge is 0.312 e. The van der Waals surface area contributed by atoms with Gasteiger partial charge in [-0.3, -0.25) is 0 Å². The van der Waals surface area contributed by atoms with Crippen molar-refractivity contribution in [2.45, 2.75) is 70.4 Å². The van der Waals surface area contributed by atoms with Crippen LogP contribution in [0.4, 0.5) is 0 Å². The lowest BCUT2D eigenvalue weighted by atomic mass is 10.1. The standard InChI is InChI=1S/C18H37N3Si/c1-22(20-13-7-3-8-14-20,21-15-9-4-10-16-21)18-17-19-11-5-2-6-12-19/h2-18H2,1H3. The number of likely N-dealkylation sites (tertiary alicyclic amines) is 1. The van der Waals surface area contributed by atoms with Crippen molar-refractivity contribution in [2.75, 3.05) is 45.8 Å². The molecule has 0 N–H and O–H groups in total. The molecule has 0 saturated carbocycles. The summed E-state index contributed by atoms with van der Waals surface area (Å²) in [5, 5.41) is 0. The van der Waals surface area contributed by atoms with E-state index >= 15 is 0 Å². The number of hydrogen-bond acceptors (Lipinski definition) is 3. The molecular formula is C18H37N3Si. The molecule has 0 aromatic carbocycles. The highest BCUT2D eigenvalue weighted by Crippen LogP contribution is 2.28. The summed E-state index contributed by atoms with van der Waals surface area (Å²) in [7, 11) is -1.41. The van der Waals surface area contributed by atoms with Crippen LogP contribution >= 0.6 is 0 Å². The van der Waals surface area contributed by atoms with Gasteiger partial charge in [-0.25, -0.2) is 0 Å². The van der Waals surface area contributed by atoms with Crippen molar-refractivity contribution >= 4 is 8.40 Å². The van der Waals surface area contributed by atoms with E-state index in [0.717, 1.165) is 0 Å². The first kappa shape index (κ1) is 16.9. The summed E-state index contributed by atoms with van der Waals surface area (Å²) < 4.78 is 5.96. The Morgan fingerprint density at radius 3 is 1.45 bits per heavy atom. The van der Waals surface area contributed by atoms with Crippen molar-refractivity contribution in [3.8, 4) is 0 Å². The van der Waals surface area contributed by atoms with Crippen LogP contribution in [-0.2, 0) is 0 Å². The van der Waals surface area contributed by atoms with E-state index in [1.807, 2.05) is 0 Å². The van der Waals surface area contributed by atoms with E-state index in [1.165, 1.54) is 110 Å². The molecule has 3 fully saturated rings. The summed E-state index contributed by atoms with van der Waals surface area (Å²) in [6, 6.07) is 1.48. The third-order valence-corrected chi connectivity index (χ3v) is 11.2. The van der Waals surface area contributed by atoms with Gasteiger partial charge in [0.2, 0.25) is 8.40 Å². The minimum absolute atomic E-state index is 1.37. The molecule has 4 heteroatoms. The van der Waals surface area contributed by atoms with Crippen molar-refractivity contribution < 1.29 is 0 Å². The average Bonchev–Trinajstić information content (AvgIpc) is 2.62. The Morgan fingerprint density at radius 2 is 1.00 bits per heavy atom. The van der Waals surface area contributed by atoms with Gasteiger partial charge in [-0.2, -0.15) is 0 Å². The Balaban J connectivity index is 1.63. The molecular weight excluding hydrogens is 286 g/mol. The molecule has 3 saturated heterocycles. The summed E-state index contributed by atoms with van der Waals surface area (Å²) in [5.74, 6) is 0. The lowest BCUT2D eigenvalue weighted by Crippen LogP contribution is -2.66. The maximum Gasteiger partial charge on any atom is 0.204 e. The van der Waals surface area contributed by atoms with Crippen LogP contribution < -0.4 is 0 Å². The number of nitrogens with zero attached hydrogens (tertiary/aromatic N) is 3. The van der Waals surface area contributed by atoms with Crippen LogP contribution in [0.25, 0.3) is 0 Å². The second-order valence-corrected chi connectivity index (χ2v) is 12.2. The minimum Gasteiger partial charge on any atom is -0.312 e. The first-order chi connectivity index (χ1) is 10.8. The Morgan fingerprint density at radius 1 is 0.591 bits per heavy atom. The summed E-state index contributed by atoms with van der Waals surface area (Å²) in [4.78, 5) is 2.77. The van der Waals surface area contributed by atoms with E-state index in [2.05, 4.69) is 20.6 Å². The summed E-state index contributed by atoms with van der Waals surface area (Å²) in [6.07, 6.45) is 13.0. The molecule has 3 rings (SSSR count). The monoisotopic (exact) mass is 323 g/mol. The lowest BCUT2D eigenvalue weighted by Gasteiger charge is -2.50. The molecule has 3 heterocycles. The van der Waals surface area contributed by atoms with Gasteiger partial charge in [-0.05, 0) is 96.9 Å². The van der Waals surface area contributed by atoms with Crippen LogP contribution in [-0.4, -0.2) is 68.2 Å². The van der Waals surface area contributed by atoms with Gasteiger partial charge in [0, 0.05) is 0 Å². The number of rotatable bonds is 5. The highest BCUT2D eigenvalue weighted by molar-refractivity contribution is 6.73. The van der Waals surface area contributed by atoms with Gasteiger partial charge < -0.3 is 14.0 Å². The van der Waals surface area contributed by atoms with E-state index in [0.29, 0.717) is 0 Å². The van der Waals surface area contributed by atoms with Crippen LogP contribution in [0.15, 0.2) is 0 Å². The zero-order valence-electron chi connectivity index (χ0n) is 14.9. The molecule has 0 unspecified atom stereocenters. The molecule has 128 valence electrons. The molecule has 0 bridgehead atoms. The quantitative estimate of drug-likeness (QED) is 0.717. The first-order valence-corrected chi connectivity index (χ1v) is 12.6. The molecule has 3 nitrogen and oxygen atoms in total. The summed E-state index contributed by atoms with van der Waals surface area (Å²) >= 11 is 0. The van der Waals surface area contributed by atoms with Gasteiger partial charge >= 0.3 is 0 Å². The fourth-order valence-electron chi connectivity index (χ4n) is 4.82. The van der Waals surface area contributed by atoms with Crippen LogP contribution in [0.3, 0.4) is 0 Å². The zero-order chi connectivity index (χ0) is 15.3. The van der Waals surface area contributed by atoms with Crippen molar-refractivity contribution in [1.82, 2.24) is 14.0 Å². The molecule has 0 spiro atoms. The van der Waals surface area contributed by atoms with Crippen LogP contribution in [0.5, 0.6) is 0 Å². The molecule has 0 aromatic heterocycles. The van der Waals surface area contributed by atoms with E-state index < -0.39 is 8.40 Å². The number of hydrogen-bond donors (Lipinski definition) is 0. The van der Waals surface area contributed by atoms with Crippen LogP contribution in [0.2, 0.25) is 12.6 Å². The van der Waals surface area contributed by atoms with Crippen molar-refractivity contribution in [3.05, 3.63) is 0 Å². The van der Waals surface area contributed by atoms with Crippen LogP contribution in [0, 0.1) is 0 Å². The molecule has 3 aliphatic heterocycles. The highest BCUT2D eigenvalue weighted by Gasteiger charge is 2.41. The third-order valence-electron chi connectivity index (χ3n) is 6.42. The molecule has 0 aliphatic carbocycles. The second-order valence-electron chi connectivity index (χ2n) is 7.96. The third kappa shape index (κ3) is 4.14. The predicted molar refractivity (Wildman–Crippen MR) is 97.6 cm³/mol. The molecule has 0 amide bonds. The maximum absolute atomic E-state index is 2.98. The van der Waals surface area contributed by atoms with Gasteiger partial charge in [-0.1, -0.05) is 19.3 Å². The Hall–Kier alpha value is 0.0969. The van der Waals surface area contributed by atoms with Crippen LogP contribution in [0.1, 0.15) is 57.8 Å². The van der Waals surface area contributed by atoms with Crippen molar-refractivity contribution in [3.63, 3.8) is 0 Å². The molecule has 3 aliphatic rings. The van der Waals surface area contributed by atoms with Gasteiger partial charge in [-0.15, -0.1) is 0 Å². The van der Waals surface area contributed by atoms with E-state index in [4.69, 9.17) is 0 Å². The average molecular weight is 324 g/mol. The topological polar surface area (TPSA) is 9.72 Å². The fraction of sp³-hybridized carbons (Fsp3) is 1.00. The minimum atomic E-state index is -1.41. The Kier molecular flexibility index (Phi) is 6.37. The number of piperidine rings is 3. The van der Waals surface area contributed by atoms with Gasteiger partial charge in [0.05, 0.1) is 0 Å². The zero-order valence-corrected chi connectivity index (χ0v) is 15.9. The van der Waals surface area contributed by atoms with Crippen molar-refractivity contribution in [2.24, 2.45) is 0 Å².